The number of sulfone groups is 1. The fraction of sp³-hybridized carbons (Fsp3) is 0.222. The van der Waals surface area contributed by atoms with Gasteiger partial charge >= 0.3 is 0 Å². The molecule has 1 aliphatic heterocycles. The average molecular weight is 374 g/mol. The number of rotatable bonds is 5. The standard InChI is InChI=1S/C18H18N2O5S/c21-17(13-5-2-1-3-6-13)20-16(11-15-7-4-9-25-15)18(22)19-14-8-10-26(23,24)12-14/h1-7,9,11,14H,8,10,12H2,(H,19,22)(H,20,21)/b16-11+/t14-/m1/s1. The van der Waals surface area contributed by atoms with E-state index in [9.17, 15) is 18.0 Å². The van der Waals surface area contributed by atoms with Crippen molar-refractivity contribution in [2.45, 2.75) is 12.5 Å². The maximum atomic E-state index is 12.6. The minimum atomic E-state index is -3.12. The minimum absolute atomic E-state index is 0.0156. The molecule has 0 aliphatic carbocycles. The van der Waals surface area contributed by atoms with Gasteiger partial charge in [0.15, 0.2) is 9.84 Å². The molecule has 1 aliphatic rings. The van der Waals surface area contributed by atoms with Crippen LogP contribution in [0.3, 0.4) is 0 Å². The van der Waals surface area contributed by atoms with Crippen molar-refractivity contribution in [2.75, 3.05) is 11.5 Å². The first-order valence-corrected chi connectivity index (χ1v) is 9.88. The first-order valence-electron chi connectivity index (χ1n) is 8.06. The van der Waals surface area contributed by atoms with Crippen LogP contribution in [0.15, 0.2) is 58.8 Å². The number of carbonyl (C=O) groups excluding carboxylic acids is 2. The Morgan fingerprint density at radius 1 is 1.12 bits per heavy atom. The van der Waals surface area contributed by atoms with E-state index < -0.39 is 27.7 Å². The Kier molecular flexibility index (Phi) is 5.22. The van der Waals surface area contributed by atoms with E-state index in [-0.39, 0.29) is 17.2 Å². The Morgan fingerprint density at radius 3 is 2.50 bits per heavy atom. The van der Waals surface area contributed by atoms with Crippen LogP contribution in [0.2, 0.25) is 0 Å². The molecule has 3 rings (SSSR count). The Labute approximate surface area is 151 Å². The number of hydrogen-bond donors (Lipinski definition) is 2. The molecule has 1 atom stereocenters. The van der Waals surface area contributed by atoms with Crippen LogP contribution >= 0.6 is 0 Å². The molecule has 0 unspecified atom stereocenters. The molecule has 1 fully saturated rings. The van der Waals surface area contributed by atoms with Gasteiger partial charge in [0.2, 0.25) is 0 Å². The minimum Gasteiger partial charge on any atom is -0.465 e. The molecule has 0 saturated carbocycles. The van der Waals surface area contributed by atoms with Crippen molar-refractivity contribution in [3.05, 3.63) is 65.7 Å². The highest BCUT2D eigenvalue weighted by molar-refractivity contribution is 7.91. The monoisotopic (exact) mass is 374 g/mol. The number of furan rings is 1. The molecule has 7 nitrogen and oxygen atoms in total. The lowest BCUT2D eigenvalue weighted by molar-refractivity contribution is -0.118. The summed E-state index contributed by atoms with van der Waals surface area (Å²) < 4.78 is 28.3. The summed E-state index contributed by atoms with van der Waals surface area (Å²) >= 11 is 0. The average Bonchev–Trinajstić information content (AvgIpc) is 3.24. The third-order valence-corrected chi connectivity index (χ3v) is 5.69. The lowest BCUT2D eigenvalue weighted by Crippen LogP contribution is -2.41. The maximum Gasteiger partial charge on any atom is 0.268 e. The van der Waals surface area contributed by atoms with Crippen LogP contribution in [0.25, 0.3) is 6.08 Å². The van der Waals surface area contributed by atoms with E-state index in [0.717, 1.165) is 0 Å². The Morgan fingerprint density at radius 2 is 1.88 bits per heavy atom. The second-order valence-corrected chi connectivity index (χ2v) is 8.20. The first kappa shape index (κ1) is 17.9. The van der Waals surface area contributed by atoms with Crippen molar-refractivity contribution in [2.24, 2.45) is 0 Å². The molecule has 1 aromatic heterocycles. The number of benzene rings is 1. The normalized spacial score (nSPS) is 19.1. The van der Waals surface area contributed by atoms with E-state index in [4.69, 9.17) is 4.42 Å². The SMILES string of the molecule is O=C(N[C@@H]1CCS(=O)(=O)C1)/C(=C\c1ccco1)NC(=O)c1ccccc1. The third-order valence-electron chi connectivity index (χ3n) is 3.93. The van der Waals surface area contributed by atoms with Gasteiger partial charge in [-0.1, -0.05) is 18.2 Å². The van der Waals surface area contributed by atoms with E-state index >= 15 is 0 Å². The highest BCUT2D eigenvalue weighted by Crippen LogP contribution is 2.13. The van der Waals surface area contributed by atoms with Gasteiger partial charge in [-0.25, -0.2) is 8.42 Å². The van der Waals surface area contributed by atoms with Crippen molar-refractivity contribution >= 4 is 27.7 Å². The van der Waals surface area contributed by atoms with Gasteiger partial charge in [-0.2, -0.15) is 0 Å². The van der Waals surface area contributed by atoms with Crippen LogP contribution in [0.5, 0.6) is 0 Å². The summed E-state index contributed by atoms with van der Waals surface area (Å²) in [6.45, 7) is 0. The van der Waals surface area contributed by atoms with Gasteiger partial charge in [0.05, 0.1) is 17.8 Å². The fourth-order valence-electron chi connectivity index (χ4n) is 2.63. The van der Waals surface area contributed by atoms with E-state index in [0.29, 0.717) is 17.7 Å². The highest BCUT2D eigenvalue weighted by Gasteiger charge is 2.30. The summed E-state index contributed by atoms with van der Waals surface area (Å²) in [5, 5.41) is 5.23. The molecule has 0 radical (unpaired) electrons. The van der Waals surface area contributed by atoms with Gasteiger partial charge in [-0.3, -0.25) is 9.59 Å². The molecule has 136 valence electrons. The number of hydrogen-bond acceptors (Lipinski definition) is 5. The summed E-state index contributed by atoms with van der Waals surface area (Å²) in [6, 6.07) is 11.3. The van der Waals surface area contributed by atoms with E-state index in [2.05, 4.69) is 10.6 Å². The molecule has 26 heavy (non-hydrogen) atoms. The van der Waals surface area contributed by atoms with Crippen LogP contribution in [-0.4, -0.2) is 37.8 Å². The van der Waals surface area contributed by atoms with Crippen LogP contribution in [0.1, 0.15) is 22.5 Å². The van der Waals surface area contributed by atoms with Gasteiger partial charge in [0, 0.05) is 17.7 Å². The zero-order valence-electron chi connectivity index (χ0n) is 13.8. The summed E-state index contributed by atoms with van der Waals surface area (Å²) in [5.41, 5.74) is 0.382. The molecule has 0 bridgehead atoms. The molecule has 2 aromatic rings. The molecule has 2 amide bonds. The van der Waals surface area contributed by atoms with Gasteiger partial charge in [-0.05, 0) is 30.7 Å². The molecule has 8 heteroatoms. The van der Waals surface area contributed by atoms with E-state index in [1.165, 1.54) is 12.3 Å². The molecular formula is C18H18N2O5S. The molecular weight excluding hydrogens is 356 g/mol. The van der Waals surface area contributed by atoms with Crippen LogP contribution in [0.4, 0.5) is 0 Å². The lowest BCUT2D eigenvalue weighted by atomic mass is 10.2. The molecule has 1 aromatic carbocycles. The fourth-order valence-corrected chi connectivity index (χ4v) is 4.30. The van der Waals surface area contributed by atoms with Crippen molar-refractivity contribution < 1.29 is 22.4 Å². The van der Waals surface area contributed by atoms with Crippen LogP contribution in [-0.2, 0) is 14.6 Å². The summed E-state index contributed by atoms with van der Waals surface area (Å²) in [6.07, 6.45) is 3.21. The van der Waals surface area contributed by atoms with Crippen LogP contribution < -0.4 is 10.6 Å². The first-order chi connectivity index (χ1) is 12.4. The zero-order chi connectivity index (χ0) is 18.6. The molecule has 2 heterocycles. The van der Waals surface area contributed by atoms with Gasteiger partial charge in [-0.15, -0.1) is 0 Å². The summed E-state index contributed by atoms with van der Waals surface area (Å²) in [7, 11) is -3.12. The zero-order valence-corrected chi connectivity index (χ0v) is 14.7. The van der Waals surface area contributed by atoms with Gasteiger partial charge in [0.25, 0.3) is 11.8 Å². The lowest BCUT2D eigenvalue weighted by Gasteiger charge is -2.14. The van der Waals surface area contributed by atoms with Crippen LogP contribution in [0, 0.1) is 0 Å². The van der Waals surface area contributed by atoms with Crippen molar-refractivity contribution in [1.29, 1.82) is 0 Å². The van der Waals surface area contributed by atoms with Gasteiger partial charge in [0.1, 0.15) is 11.5 Å². The summed E-state index contributed by atoms with van der Waals surface area (Å²) in [5.74, 6) is -0.668. The smallest absolute Gasteiger partial charge is 0.268 e. The Bertz CT molecular complexity index is 918. The van der Waals surface area contributed by atoms with Crippen molar-refractivity contribution in [3.63, 3.8) is 0 Å². The highest BCUT2D eigenvalue weighted by atomic mass is 32.2. The number of carbonyl (C=O) groups is 2. The van der Waals surface area contributed by atoms with Crippen molar-refractivity contribution in [1.82, 2.24) is 10.6 Å². The number of nitrogens with one attached hydrogen (secondary N) is 2. The Balaban J connectivity index is 1.77. The third kappa shape index (κ3) is 4.60. The maximum absolute atomic E-state index is 12.6. The Hall–Kier alpha value is -2.87. The second kappa shape index (κ2) is 7.57. The topological polar surface area (TPSA) is 105 Å². The van der Waals surface area contributed by atoms with Crippen molar-refractivity contribution in [3.8, 4) is 0 Å². The predicted molar refractivity (Wildman–Crippen MR) is 95.8 cm³/mol. The second-order valence-electron chi connectivity index (χ2n) is 5.97. The summed E-state index contributed by atoms with van der Waals surface area (Å²) in [4.78, 5) is 24.9. The molecule has 2 N–H and O–H groups in total. The molecule has 1 saturated heterocycles. The van der Waals surface area contributed by atoms with Gasteiger partial charge < -0.3 is 15.1 Å². The molecule has 0 spiro atoms. The van der Waals surface area contributed by atoms with E-state index in [1.807, 2.05) is 0 Å². The number of amides is 2. The van der Waals surface area contributed by atoms with E-state index in [1.54, 1.807) is 42.5 Å². The predicted octanol–water partition coefficient (Wildman–Crippen LogP) is 1.35. The largest absolute Gasteiger partial charge is 0.465 e. The quantitative estimate of drug-likeness (QED) is 0.769.